The van der Waals surface area contributed by atoms with Gasteiger partial charge in [-0.05, 0) is 26.8 Å². The van der Waals surface area contributed by atoms with E-state index in [1.165, 1.54) is 6.08 Å². The quantitative estimate of drug-likeness (QED) is 0.544. The van der Waals surface area contributed by atoms with E-state index in [-0.39, 0.29) is 11.9 Å². The maximum atomic E-state index is 11.0. The maximum absolute atomic E-state index is 11.0. The van der Waals surface area contributed by atoms with Crippen LogP contribution in [0, 0.1) is 0 Å². The zero-order valence-electron chi connectivity index (χ0n) is 6.92. The first kappa shape index (κ1) is 9.21. The lowest BCUT2D eigenvalue weighted by molar-refractivity contribution is -0.127. The summed E-state index contributed by atoms with van der Waals surface area (Å²) in [7, 11) is 0. The number of hydrogen-bond donors (Lipinski definition) is 0. The molecule has 0 aromatic carbocycles. The van der Waals surface area contributed by atoms with E-state index in [1.807, 2.05) is 20.8 Å². The Morgan fingerprint density at radius 1 is 1.70 bits per heavy atom. The molecule has 0 saturated carbocycles. The van der Waals surface area contributed by atoms with E-state index in [0.717, 1.165) is 6.54 Å². The van der Waals surface area contributed by atoms with Crippen molar-refractivity contribution in [3.8, 4) is 0 Å². The van der Waals surface area contributed by atoms with Crippen LogP contribution in [0.25, 0.3) is 0 Å². The number of rotatable bonds is 3. The molecule has 0 heterocycles. The molecule has 1 amide bonds. The van der Waals surface area contributed by atoms with Gasteiger partial charge < -0.3 is 4.90 Å². The van der Waals surface area contributed by atoms with Crippen molar-refractivity contribution in [3.63, 3.8) is 0 Å². The van der Waals surface area contributed by atoms with E-state index < -0.39 is 0 Å². The number of nitrogens with zero attached hydrogens (tertiary/aromatic N) is 1. The maximum Gasteiger partial charge on any atom is 0.246 e. The fourth-order valence-electron chi connectivity index (χ4n) is 0.893. The molecule has 0 fully saturated rings. The number of amides is 1. The monoisotopic (exact) mass is 141 g/mol. The second kappa shape index (κ2) is 4.09. The average Bonchev–Trinajstić information content (AvgIpc) is 1.88. The lowest BCUT2D eigenvalue weighted by atomic mass is 10.3. The molecule has 0 bridgehead atoms. The molecule has 58 valence electrons. The summed E-state index contributed by atoms with van der Waals surface area (Å²) in [5, 5.41) is 0. The zero-order chi connectivity index (χ0) is 8.15. The van der Waals surface area contributed by atoms with Crippen molar-refractivity contribution in [2.45, 2.75) is 26.8 Å². The van der Waals surface area contributed by atoms with Gasteiger partial charge in [-0.2, -0.15) is 0 Å². The Morgan fingerprint density at radius 3 is 2.30 bits per heavy atom. The van der Waals surface area contributed by atoms with Gasteiger partial charge in [-0.25, -0.2) is 0 Å². The van der Waals surface area contributed by atoms with Gasteiger partial charge in [0.2, 0.25) is 5.91 Å². The smallest absolute Gasteiger partial charge is 0.246 e. The molecule has 2 heteroatoms. The SMILES string of the molecule is C=CC(=O)N(CC)C(C)C. The topological polar surface area (TPSA) is 20.3 Å². The van der Waals surface area contributed by atoms with Crippen molar-refractivity contribution < 1.29 is 4.79 Å². The van der Waals surface area contributed by atoms with Crippen LogP contribution in [0.2, 0.25) is 0 Å². The molecule has 0 aliphatic carbocycles. The molecule has 0 aromatic heterocycles. The zero-order valence-corrected chi connectivity index (χ0v) is 6.92. The van der Waals surface area contributed by atoms with Gasteiger partial charge in [0.05, 0.1) is 0 Å². The third-order valence-electron chi connectivity index (χ3n) is 1.42. The molecular formula is C8H15NO. The highest BCUT2D eigenvalue weighted by Crippen LogP contribution is 1.97. The average molecular weight is 141 g/mol. The van der Waals surface area contributed by atoms with Crippen LogP contribution < -0.4 is 0 Å². The van der Waals surface area contributed by atoms with E-state index in [1.54, 1.807) is 4.90 Å². The largest absolute Gasteiger partial charge is 0.337 e. The Hall–Kier alpha value is -0.790. The minimum atomic E-state index is 0.0116. The second-order valence-corrected chi connectivity index (χ2v) is 2.42. The van der Waals surface area contributed by atoms with E-state index in [4.69, 9.17) is 0 Å². The molecule has 0 aliphatic heterocycles. The predicted octanol–water partition coefficient (Wildman–Crippen LogP) is 1.43. The van der Waals surface area contributed by atoms with E-state index in [2.05, 4.69) is 6.58 Å². The molecule has 10 heavy (non-hydrogen) atoms. The number of carbonyl (C=O) groups is 1. The summed E-state index contributed by atoms with van der Waals surface area (Å²) in [5.41, 5.74) is 0. The van der Waals surface area contributed by atoms with Gasteiger partial charge in [0.1, 0.15) is 0 Å². The summed E-state index contributed by atoms with van der Waals surface area (Å²) in [6.45, 7) is 10.1. The van der Waals surface area contributed by atoms with Crippen molar-refractivity contribution in [1.82, 2.24) is 4.90 Å². The molecule has 0 atom stereocenters. The second-order valence-electron chi connectivity index (χ2n) is 2.42. The van der Waals surface area contributed by atoms with Crippen molar-refractivity contribution >= 4 is 5.91 Å². The molecule has 0 radical (unpaired) electrons. The van der Waals surface area contributed by atoms with Crippen molar-refractivity contribution in [3.05, 3.63) is 12.7 Å². The van der Waals surface area contributed by atoms with Crippen LogP contribution in [0.15, 0.2) is 12.7 Å². The fraction of sp³-hybridized carbons (Fsp3) is 0.625. The molecule has 0 spiro atoms. The first-order valence-electron chi connectivity index (χ1n) is 3.56. The van der Waals surface area contributed by atoms with Gasteiger partial charge >= 0.3 is 0 Å². The summed E-state index contributed by atoms with van der Waals surface area (Å²) in [5.74, 6) is 0.0116. The summed E-state index contributed by atoms with van der Waals surface area (Å²) in [6.07, 6.45) is 1.35. The minimum Gasteiger partial charge on any atom is -0.337 e. The highest BCUT2D eigenvalue weighted by molar-refractivity contribution is 5.87. The normalized spacial score (nSPS) is 9.60. The van der Waals surface area contributed by atoms with Gasteiger partial charge in [-0.15, -0.1) is 0 Å². The number of carbonyl (C=O) groups excluding carboxylic acids is 1. The van der Waals surface area contributed by atoms with Gasteiger partial charge in [-0.3, -0.25) is 4.79 Å². The van der Waals surface area contributed by atoms with Crippen LogP contribution >= 0.6 is 0 Å². The molecule has 2 nitrogen and oxygen atoms in total. The van der Waals surface area contributed by atoms with Crippen molar-refractivity contribution in [2.75, 3.05) is 6.54 Å². The predicted molar refractivity (Wildman–Crippen MR) is 42.7 cm³/mol. The minimum absolute atomic E-state index is 0.0116. The Labute approximate surface area is 62.5 Å². The summed E-state index contributed by atoms with van der Waals surface area (Å²) in [4.78, 5) is 12.7. The highest BCUT2D eigenvalue weighted by atomic mass is 16.2. The standard InChI is InChI=1S/C8H15NO/c1-5-8(10)9(6-2)7(3)4/h5,7H,1,6H2,2-4H3. The molecule has 0 unspecified atom stereocenters. The van der Waals surface area contributed by atoms with Gasteiger partial charge in [0.25, 0.3) is 0 Å². The number of likely N-dealkylation sites (N-methyl/N-ethyl adjacent to an activating group) is 1. The van der Waals surface area contributed by atoms with Crippen LogP contribution in [0.3, 0.4) is 0 Å². The lowest BCUT2D eigenvalue weighted by Crippen LogP contribution is -2.35. The third kappa shape index (κ3) is 2.21. The van der Waals surface area contributed by atoms with Gasteiger partial charge in [0, 0.05) is 12.6 Å². The Kier molecular flexibility index (Phi) is 3.77. The number of hydrogen-bond acceptors (Lipinski definition) is 1. The molecule has 0 rings (SSSR count). The van der Waals surface area contributed by atoms with Crippen molar-refractivity contribution in [2.24, 2.45) is 0 Å². The molecule has 0 N–H and O–H groups in total. The van der Waals surface area contributed by atoms with Crippen LogP contribution in [0.4, 0.5) is 0 Å². The summed E-state index contributed by atoms with van der Waals surface area (Å²) in [6, 6.07) is 0.274. The summed E-state index contributed by atoms with van der Waals surface area (Å²) >= 11 is 0. The fourth-order valence-corrected chi connectivity index (χ4v) is 0.893. The van der Waals surface area contributed by atoms with Crippen molar-refractivity contribution in [1.29, 1.82) is 0 Å². The first-order chi connectivity index (χ1) is 4.63. The Balaban J connectivity index is 4.06. The first-order valence-corrected chi connectivity index (χ1v) is 3.56. The van der Waals surface area contributed by atoms with E-state index in [9.17, 15) is 4.79 Å². The third-order valence-corrected chi connectivity index (χ3v) is 1.42. The molecule has 0 aliphatic rings. The molecular weight excluding hydrogens is 126 g/mol. The van der Waals surface area contributed by atoms with E-state index >= 15 is 0 Å². The Bertz CT molecular complexity index is 129. The highest BCUT2D eigenvalue weighted by Gasteiger charge is 2.09. The van der Waals surface area contributed by atoms with E-state index in [0.29, 0.717) is 0 Å². The Morgan fingerprint density at radius 2 is 2.20 bits per heavy atom. The lowest BCUT2D eigenvalue weighted by Gasteiger charge is -2.23. The molecule has 0 aromatic rings. The molecule has 0 saturated heterocycles. The summed E-state index contributed by atoms with van der Waals surface area (Å²) < 4.78 is 0. The van der Waals surface area contributed by atoms with Crippen LogP contribution in [0.5, 0.6) is 0 Å². The van der Waals surface area contributed by atoms with Crippen LogP contribution in [0.1, 0.15) is 20.8 Å². The van der Waals surface area contributed by atoms with Crippen LogP contribution in [-0.4, -0.2) is 23.4 Å². The van der Waals surface area contributed by atoms with Gasteiger partial charge in [-0.1, -0.05) is 6.58 Å². The van der Waals surface area contributed by atoms with Crippen LogP contribution in [-0.2, 0) is 4.79 Å². The van der Waals surface area contributed by atoms with Gasteiger partial charge in [0.15, 0.2) is 0 Å².